The molecule has 0 fully saturated rings. The maximum Gasteiger partial charge on any atom is 0.247 e. The highest BCUT2D eigenvalue weighted by atomic mass is 35.5. The second-order valence-corrected chi connectivity index (χ2v) is 8.65. The molecule has 0 heterocycles. The highest BCUT2D eigenvalue weighted by Gasteiger charge is 2.29. The Morgan fingerprint density at radius 3 is 2.11 bits per heavy atom. The van der Waals surface area contributed by atoms with E-state index in [0.29, 0.717) is 17.2 Å². The second-order valence-electron chi connectivity index (χ2n) is 5.92. The first kappa shape index (κ1) is 22.1. The van der Waals surface area contributed by atoms with E-state index >= 15 is 0 Å². The topological polar surface area (TPSA) is 84.9 Å². The van der Waals surface area contributed by atoms with Crippen LogP contribution in [0.2, 0.25) is 10.0 Å². The minimum Gasteiger partial charge on any atom is -0.493 e. The molecule has 10 heteroatoms. The Hall–Kier alpha value is -2.16. The summed E-state index contributed by atoms with van der Waals surface area (Å²) in [6.07, 6.45) is 1.00. The van der Waals surface area contributed by atoms with E-state index in [2.05, 4.69) is 5.32 Å². The van der Waals surface area contributed by atoms with Gasteiger partial charge in [-0.1, -0.05) is 23.2 Å². The minimum absolute atomic E-state index is 0.190. The van der Waals surface area contributed by atoms with Crippen molar-refractivity contribution in [3.05, 3.63) is 46.4 Å². The van der Waals surface area contributed by atoms with Crippen molar-refractivity contribution < 1.29 is 22.7 Å². The van der Waals surface area contributed by atoms with Crippen molar-refractivity contribution in [1.29, 1.82) is 0 Å². The predicted molar refractivity (Wildman–Crippen MR) is 111 cm³/mol. The van der Waals surface area contributed by atoms with Gasteiger partial charge in [0.05, 0.1) is 26.2 Å². The molecule has 0 unspecified atom stereocenters. The van der Waals surface area contributed by atoms with Crippen molar-refractivity contribution in [1.82, 2.24) is 0 Å². The van der Waals surface area contributed by atoms with Crippen LogP contribution in [0.3, 0.4) is 0 Å². The molecule has 0 aliphatic heterocycles. The maximum atomic E-state index is 12.7. The highest BCUT2D eigenvalue weighted by molar-refractivity contribution is 7.92. The van der Waals surface area contributed by atoms with Crippen LogP contribution in [0, 0.1) is 0 Å². The van der Waals surface area contributed by atoms with Crippen LogP contribution >= 0.6 is 23.2 Å². The van der Waals surface area contributed by atoms with E-state index in [1.165, 1.54) is 39.3 Å². The van der Waals surface area contributed by atoms with Crippen LogP contribution in [-0.2, 0) is 14.8 Å². The van der Waals surface area contributed by atoms with Crippen molar-refractivity contribution in [2.24, 2.45) is 0 Å². The van der Waals surface area contributed by atoms with Crippen molar-refractivity contribution in [2.45, 2.75) is 13.0 Å². The summed E-state index contributed by atoms with van der Waals surface area (Å²) >= 11 is 12.0. The molecule has 1 amide bonds. The van der Waals surface area contributed by atoms with Crippen LogP contribution in [0.1, 0.15) is 6.92 Å². The third-order valence-corrected chi connectivity index (χ3v) is 5.52. The fourth-order valence-corrected chi connectivity index (χ4v) is 4.31. The zero-order valence-electron chi connectivity index (χ0n) is 15.7. The van der Waals surface area contributed by atoms with Gasteiger partial charge in [-0.3, -0.25) is 9.10 Å². The van der Waals surface area contributed by atoms with Crippen LogP contribution < -0.4 is 19.1 Å². The van der Waals surface area contributed by atoms with Crippen molar-refractivity contribution in [3.8, 4) is 11.5 Å². The summed E-state index contributed by atoms with van der Waals surface area (Å²) in [6, 6.07) is 8.07. The van der Waals surface area contributed by atoms with E-state index in [9.17, 15) is 13.2 Å². The Morgan fingerprint density at radius 1 is 1.04 bits per heavy atom. The van der Waals surface area contributed by atoms with Gasteiger partial charge >= 0.3 is 0 Å². The summed E-state index contributed by atoms with van der Waals surface area (Å²) in [5, 5.41) is 3.18. The molecule has 152 valence electrons. The molecule has 28 heavy (non-hydrogen) atoms. The Morgan fingerprint density at radius 2 is 1.61 bits per heavy atom. The number of ether oxygens (including phenoxy) is 2. The monoisotopic (exact) mass is 446 g/mol. The average molecular weight is 447 g/mol. The van der Waals surface area contributed by atoms with Gasteiger partial charge in [-0.2, -0.15) is 0 Å². The first-order chi connectivity index (χ1) is 13.1. The first-order valence-corrected chi connectivity index (χ1v) is 10.7. The van der Waals surface area contributed by atoms with Gasteiger partial charge < -0.3 is 14.8 Å². The summed E-state index contributed by atoms with van der Waals surface area (Å²) < 4.78 is 36.0. The number of nitrogens with one attached hydrogen (secondary N) is 1. The van der Waals surface area contributed by atoms with E-state index < -0.39 is 22.0 Å². The van der Waals surface area contributed by atoms with Crippen LogP contribution in [0.4, 0.5) is 11.4 Å². The number of sulfonamides is 1. The number of rotatable bonds is 7. The second kappa shape index (κ2) is 8.89. The van der Waals surface area contributed by atoms with Crippen LogP contribution in [-0.4, -0.2) is 40.8 Å². The fourth-order valence-electron chi connectivity index (χ4n) is 2.64. The molecule has 1 atom stereocenters. The van der Waals surface area contributed by atoms with Gasteiger partial charge in [-0.15, -0.1) is 0 Å². The third-order valence-electron chi connectivity index (χ3n) is 3.84. The van der Waals surface area contributed by atoms with Crippen LogP contribution in [0.25, 0.3) is 0 Å². The lowest BCUT2D eigenvalue weighted by Crippen LogP contribution is -2.45. The summed E-state index contributed by atoms with van der Waals surface area (Å²) in [6.45, 7) is 1.46. The number of hydrogen-bond acceptors (Lipinski definition) is 5. The average Bonchev–Trinajstić information content (AvgIpc) is 2.59. The maximum absolute atomic E-state index is 12.7. The number of anilines is 2. The minimum atomic E-state index is -3.80. The molecular weight excluding hydrogens is 427 g/mol. The third kappa shape index (κ3) is 5.21. The van der Waals surface area contributed by atoms with Gasteiger partial charge in [0.25, 0.3) is 0 Å². The number of carbonyl (C=O) groups excluding carboxylic acids is 1. The Balaban J connectivity index is 2.34. The number of methoxy groups -OCH3 is 2. The quantitative estimate of drug-likeness (QED) is 0.698. The zero-order chi connectivity index (χ0) is 21.1. The molecule has 0 bridgehead atoms. The standard InChI is InChI=1S/C18H20Cl2N2O5S/c1-11(18(23)21-14-5-6-16(26-2)17(10-14)27-3)22(28(4,24)25)15-8-12(19)7-13(20)9-15/h5-11H,1-4H3,(H,21,23)/t11-/m1/s1. The molecule has 2 aromatic carbocycles. The fraction of sp³-hybridized carbons (Fsp3) is 0.278. The summed E-state index contributed by atoms with van der Waals surface area (Å²) in [5.41, 5.74) is 0.613. The van der Waals surface area contributed by atoms with E-state index in [-0.39, 0.29) is 15.7 Å². The van der Waals surface area contributed by atoms with E-state index in [1.807, 2.05) is 0 Å². The molecule has 0 aliphatic carbocycles. The van der Waals surface area contributed by atoms with Gasteiger partial charge in [0.1, 0.15) is 6.04 Å². The molecule has 2 aromatic rings. The van der Waals surface area contributed by atoms with Gasteiger partial charge in [0.15, 0.2) is 11.5 Å². The lowest BCUT2D eigenvalue weighted by Gasteiger charge is -2.28. The smallest absolute Gasteiger partial charge is 0.247 e. The lowest BCUT2D eigenvalue weighted by molar-refractivity contribution is -0.116. The van der Waals surface area contributed by atoms with Gasteiger partial charge in [0.2, 0.25) is 15.9 Å². The van der Waals surface area contributed by atoms with Gasteiger partial charge in [0, 0.05) is 21.8 Å². The molecule has 0 saturated carbocycles. The largest absolute Gasteiger partial charge is 0.493 e. The molecule has 0 saturated heterocycles. The number of nitrogens with zero attached hydrogens (tertiary/aromatic N) is 1. The van der Waals surface area contributed by atoms with Gasteiger partial charge in [-0.25, -0.2) is 8.42 Å². The normalized spacial score (nSPS) is 12.2. The molecule has 1 N–H and O–H groups in total. The van der Waals surface area contributed by atoms with Gasteiger partial charge in [-0.05, 0) is 37.3 Å². The predicted octanol–water partition coefficient (Wildman–Crippen LogP) is 3.80. The summed E-state index contributed by atoms with van der Waals surface area (Å²) in [4.78, 5) is 12.7. The molecule has 2 rings (SSSR count). The van der Waals surface area contributed by atoms with Crippen molar-refractivity contribution in [2.75, 3.05) is 30.1 Å². The molecule has 0 aliphatic rings. The van der Waals surface area contributed by atoms with Crippen LogP contribution in [0.15, 0.2) is 36.4 Å². The summed E-state index contributed by atoms with van der Waals surface area (Å²) in [5.74, 6) is 0.378. The molecular formula is C18H20Cl2N2O5S. The Kier molecular flexibility index (Phi) is 7.03. The van der Waals surface area contributed by atoms with Crippen molar-refractivity contribution >= 4 is 50.5 Å². The van der Waals surface area contributed by atoms with E-state index in [4.69, 9.17) is 32.7 Å². The number of carbonyl (C=O) groups is 1. The molecule has 0 aromatic heterocycles. The first-order valence-electron chi connectivity index (χ1n) is 8.05. The molecule has 0 radical (unpaired) electrons. The number of amides is 1. The lowest BCUT2D eigenvalue weighted by atomic mass is 10.2. The highest BCUT2D eigenvalue weighted by Crippen LogP contribution is 2.31. The molecule has 7 nitrogen and oxygen atoms in total. The van der Waals surface area contributed by atoms with E-state index in [0.717, 1.165) is 10.6 Å². The summed E-state index contributed by atoms with van der Waals surface area (Å²) in [7, 11) is -0.830. The van der Waals surface area contributed by atoms with Crippen LogP contribution in [0.5, 0.6) is 11.5 Å². The zero-order valence-corrected chi connectivity index (χ0v) is 18.0. The Bertz CT molecular complexity index is 962. The molecule has 0 spiro atoms. The number of hydrogen-bond donors (Lipinski definition) is 1. The Labute approximate surface area is 174 Å². The van der Waals surface area contributed by atoms with E-state index in [1.54, 1.807) is 18.2 Å². The number of halogens is 2. The SMILES string of the molecule is COc1ccc(NC(=O)[C@@H](C)N(c2cc(Cl)cc(Cl)c2)S(C)(=O)=O)cc1OC. The van der Waals surface area contributed by atoms with Crippen molar-refractivity contribution in [3.63, 3.8) is 0 Å². The number of benzene rings is 2.